The van der Waals surface area contributed by atoms with E-state index in [4.69, 9.17) is 0 Å². The number of aromatic nitrogens is 3. The Bertz CT molecular complexity index is 531. The molecule has 0 aromatic carbocycles. The van der Waals surface area contributed by atoms with Gasteiger partial charge in [0, 0.05) is 12.7 Å². The summed E-state index contributed by atoms with van der Waals surface area (Å²) in [5.41, 5.74) is 3.31. The van der Waals surface area contributed by atoms with Crippen molar-refractivity contribution in [2.24, 2.45) is 0 Å². The summed E-state index contributed by atoms with van der Waals surface area (Å²) in [6, 6.07) is 4.08. The van der Waals surface area contributed by atoms with Crippen molar-refractivity contribution in [3.8, 4) is 0 Å². The highest BCUT2D eigenvalue weighted by Gasteiger charge is 2.08. The number of pyridine rings is 1. The lowest BCUT2D eigenvalue weighted by Gasteiger charge is -2.06. The molecule has 18 heavy (non-hydrogen) atoms. The second-order valence-corrected chi connectivity index (χ2v) is 5.02. The molecule has 1 N–H and O–H groups in total. The molecule has 0 atom stereocenters. The van der Waals surface area contributed by atoms with Gasteiger partial charge in [0.25, 0.3) is 0 Å². The lowest BCUT2D eigenvalue weighted by atomic mass is 10.3. The third kappa shape index (κ3) is 2.72. The summed E-state index contributed by atoms with van der Waals surface area (Å²) in [6.07, 6.45) is 1.89. The number of nitrogens with zero attached hydrogens (tertiary/aromatic N) is 3. The maximum Gasteiger partial charge on any atom is 0.125 e. The van der Waals surface area contributed by atoms with Crippen LogP contribution < -0.4 is 5.32 Å². The van der Waals surface area contributed by atoms with E-state index in [1.807, 2.05) is 23.9 Å². The largest absolute Gasteiger partial charge is 0.370 e. The summed E-state index contributed by atoms with van der Waals surface area (Å²) in [5.74, 6) is 0.913. The Hall–Kier alpha value is -1.36. The molecule has 0 bridgehead atoms. The van der Waals surface area contributed by atoms with Crippen molar-refractivity contribution in [3.63, 3.8) is 0 Å². The second-order valence-electron chi connectivity index (χ2n) is 4.22. The third-order valence-electron chi connectivity index (χ3n) is 2.81. The fourth-order valence-electron chi connectivity index (χ4n) is 1.81. The molecule has 96 valence electrons. The zero-order chi connectivity index (χ0) is 13.1. The van der Waals surface area contributed by atoms with Crippen LogP contribution in [0.4, 0.5) is 5.82 Å². The van der Waals surface area contributed by atoms with Crippen LogP contribution in [0.1, 0.15) is 23.9 Å². The van der Waals surface area contributed by atoms with E-state index >= 15 is 0 Å². The Morgan fingerprint density at radius 2 is 2.11 bits per heavy atom. The van der Waals surface area contributed by atoms with Gasteiger partial charge in [-0.05, 0) is 48.3 Å². The summed E-state index contributed by atoms with van der Waals surface area (Å²) in [6.45, 7) is 7.75. The molecule has 5 heteroatoms. The van der Waals surface area contributed by atoms with Crippen LogP contribution in [0.2, 0.25) is 0 Å². The first-order valence-electron chi connectivity index (χ1n) is 6.00. The van der Waals surface area contributed by atoms with E-state index in [0.29, 0.717) is 0 Å². The normalized spacial score (nSPS) is 10.7. The molecular weight excluding hydrogens is 292 g/mol. The van der Waals surface area contributed by atoms with Gasteiger partial charge in [0.2, 0.25) is 0 Å². The molecular formula is C13H17BrN4. The Morgan fingerprint density at radius 3 is 2.61 bits per heavy atom. The maximum absolute atomic E-state index is 4.49. The van der Waals surface area contributed by atoms with Gasteiger partial charge in [-0.25, -0.2) is 4.98 Å². The number of hydrogen-bond donors (Lipinski definition) is 1. The molecule has 0 radical (unpaired) electrons. The van der Waals surface area contributed by atoms with Gasteiger partial charge in [0.05, 0.1) is 22.4 Å². The first-order chi connectivity index (χ1) is 8.61. The lowest BCUT2D eigenvalue weighted by molar-refractivity contribution is 0.657. The van der Waals surface area contributed by atoms with Crippen LogP contribution in [0.3, 0.4) is 0 Å². The Kier molecular flexibility index (Phi) is 4.01. The lowest BCUT2D eigenvalue weighted by Crippen LogP contribution is -2.05. The average molecular weight is 309 g/mol. The number of nitrogens with one attached hydrogen (secondary N) is 1. The van der Waals surface area contributed by atoms with Crippen molar-refractivity contribution in [2.45, 2.75) is 27.3 Å². The fourth-order valence-corrected chi connectivity index (χ4v) is 2.09. The first-order valence-corrected chi connectivity index (χ1v) is 6.79. The molecule has 0 fully saturated rings. The standard InChI is InChI=1S/C13H17BrN4/c1-4-15-12-6-5-11(7-16-12)8-18-10(3)13(14)9(2)17-18/h5-7H,4,8H2,1-3H3,(H,15,16). The van der Waals surface area contributed by atoms with Gasteiger partial charge in [0.1, 0.15) is 5.82 Å². The predicted octanol–water partition coefficient (Wildman–Crippen LogP) is 3.14. The molecule has 2 aromatic rings. The van der Waals surface area contributed by atoms with Gasteiger partial charge in [-0.2, -0.15) is 5.10 Å². The number of aryl methyl sites for hydroxylation is 1. The smallest absolute Gasteiger partial charge is 0.125 e. The summed E-state index contributed by atoms with van der Waals surface area (Å²) in [4.78, 5) is 4.36. The predicted molar refractivity (Wildman–Crippen MR) is 76.9 cm³/mol. The summed E-state index contributed by atoms with van der Waals surface area (Å²) < 4.78 is 3.07. The Balaban J connectivity index is 2.15. The van der Waals surface area contributed by atoms with Crippen molar-refractivity contribution in [1.82, 2.24) is 14.8 Å². The van der Waals surface area contributed by atoms with E-state index in [1.54, 1.807) is 0 Å². The minimum Gasteiger partial charge on any atom is -0.370 e. The van der Waals surface area contributed by atoms with Crippen LogP contribution in [-0.4, -0.2) is 21.3 Å². The molecule has 4 nitrogen and oxygen atoms in total. The number of hydrogen-bond acceptors (Lipinski definition) is 3. The Labute approximate surface area is 116 Å². The third-order valence-corrected chi connectivity index (χ3v) is 3.96. The average Bonchev–Trinajstić information content (AvgIpc) is 2.60. The number of anilines is 1. The highest BCUT2D eigenvalue weighted by molar-refractivity contribution is 9.10. The van der Waals surface area contributed by atoms with Crippen molar-refractivity contribution in [2.75, 3.05) is 11.9 Å². The van der Waals surface area contributed by atoms with E-state index in [1.165, 1.54) is 0 Å². The SMILES string of the molecule is CCNc1ccc(Cn2nc(C)c(Br)c2C)cn1. The van der Waals surface area contributed by atoms with Crippen LogP contribution in [0.5, 0.6) is 0 Å². The molecule has 0 saturated heterocycles. The highest BCUT2D eigenvalue weighted by Crippen LogP contribution is 2.20. The molecule has 0 aliphatic rings. The van der Waals surface area contributed by atoms with E-state index in [0.717, 1.165) is 40.3 Å². The Morgan fingerprint density at radius 1 is 1.33 bits per heavy atom. The van der Waals surface area contributed by atoms with Crippen molar-refractivity contribution >= 4 is 21.7 Å². The van der Waals surface area contributed by atoms with E-state index in [-0.39, 0.29) is 0 Å². The fraction of sp³-hybridized carbons (Fsp3) is 0.385. The van der Waals surface area contributed by atoms with E-state index in [2.05, 4.69) is 51.2 Å². The van der Waals surface area contributed by atoms with Gasteiger partial charge < -0.3 is 5.32 Å². The van der Waals surface area contributed by atoms with Gasteiger partial charge in [-0.1, -0.05) is 6.07 Å². The molecule has 2 aromatic heterocycles. The van der Waals surface area contributed by atoms with Crippen LogP contribution in [0, 0.1) is 13.8 Å². The quantitative estimate of drug-likeness (QED) is 0.943. The first kappa shape index (κ1) is 13.1. The van der Waals surface area contributed by atoms with Crippen molar-refractivity contribution < 1.29 is 0 Å². The van der Waals surface area contributed by atoms with Crippen LogP contribution >= 0.6 is 15.9 Å². The van der Waals surface area contributed by atoms with Gasteiger partial charge in [-0.3, -0.25) is 4.68 Å². The monoisotopic (exact) mass is 308 g/mol. The van der Waals surface area contributed by atoms with Gasteiger partial charge in [-0.15, -0.1) is 0 Å². The van der Waals surface area contributed by atoms with Gasteiger partial charge in [0.15, 0.2) is 0 Å². The zero-order valence-corrected chi connectivity index (χ0v) is 12.5. The summed E-state index contributed by atoms with van der Waals surface area (Å²) >= 11 is 3.54. The number of halogens is 1. The second kappa shape index (κ2) is 5.52. The molecule has 0 aliphatic carbocycles. The van der Waals surface area contributed by atoms with Gasteiger partial charge >= 0.3 is 0 Å². The highest BCUT2D eigenvalue weighted by atomic mass is 79.9. The van der Waals surface area contributed by atoms with Crippen LogP contribution in [0.15, 0.2) is 22.8 Å². The van der Waals surface area contributed by atoms with E-state index < -0.39 is 0 Å². The molecule has 0 saturated carbocycles. The van der Waals surface area contributed by atoms with E-state index in [9.17, 15) is 0 Å². The van der Waals surface area contributed by atoms with Crippen molar-refractivity contribution in [1.29, 1.82) is 0 Å². The van der Waals surface area contributed by atoms with Crippen molar-refractivity contribution in [3.05, 3.63) is 39.8 Å². The molecule has 0 aliphatic heterocycles. The molecule has 0 unspecified atom stereocenters. The minimum absolute atomic E-state index is 0.748. The maximum atomic E-state index is 4.49. The van der Waals surface area contributed by atoms with Crippen LogP contribution in [0.25, 0.3) is 0 Å². The zero-order valence-electron chi connectivity index (χ0n) is 10.9. The minimum atomic E-state index is 0.748. The topological polar surface area (TPSA) is 42.7 Å². The number of rotatable bonds is 4. The molecule has 2 rings (SSSR count). The summed E-state index contributed by atoms with van der Waals surface area (Å²) in [5, 5.41) is 7.67. The van der Waals surface area contributed by atoms with Crippen LogP contribution in [-0.2, 0) is 6.54 Å². The molecule has 0 amide bonds. The summed E-state index contributed by atoms with van der Waals surface area (Å²) in [7, 11) is 0. The molecule has 0 spiro atoms. The molecule has 2 heterocycles.